The maximum atomic E-state index is 13.4. The molecule has 198 valence electrons. The minimum atomic E-state index is -0.240. The van der Waals surface area contributed by atoms with E-state index in [1.54, 1.807) is 12.4 Å². The van der Waals surface area contributed by atoms with Gasteiger partial charge in [-0.15, -0.1) is 0 Å². The number of carbonyl (C=O) groups is 1. The lowest BCUT2D eigenvalue weighted by molar-refractivity contribution is -0.127. The predicted octanol–water partition coefficient (Wildman–Crippen LogP) is 5.02. The third-order valence-corrected chi connectivity index (χ3v) is 7.77. The summed E-state index contributed by atoms with van der Waals surface area (Å²) in [5, 5.41) is 3.37. The molecule has 0 bridgehead atoms. The quantitative estimate of drug-likeness (QED) is 0.329. The van der Waals surface area contributed by atoms with E-state index in [-0.39, 0.29) is 17.9 Å². The average molecular weight is 512 g/mol. The number of nitrogens with one attached hydrogen (secondary N) is 1. The van der Waals surface area contributed by atoms with Crippen LogP contribution >= 0.6 is 0 Å². The number of hydrogen-bond acceptors (Lipinski definition) is 5. The van der Waals surface area contributed by atoms with Crippen molar-refractivity contribution in [2.45, 2.75) is 51.7 Å². The van der Waals surface area contributed by atoms with Crippen LogP contribution < -0.4 is 15.8 Å². The predicted molar refractivity (Wildman–Crippen MR) is 150 cm³/mol. The summed E-state index contributed by atoms with van der Waals surface area (Å²) in [7, 11) is 2.03. The zero-order valence-electron chi connectivity index (χ0n) is 22.3. The molecule has 2 aromatic heterocycles. The van der Waals surface area contributed by atoms with Crippen LogP contribution in [-0.4, -0.2) is 27.0 Å². The van der Waals surface area contributed by atoms with Crippen molar-refractivity contribution in [3.05, 3.63) is 89.5 Å². The van der Waals surface area contributed by atoms with Gasteiger partial charge in [-0.3, -0.25) is 9.78 Å². The van der Waals surface area contributed by atoms with Gasteiger partial charge in [0.1, 0.15) is 18.2 Å². The Kier molecular flexibility index (Phi) is 8.03. The number of rotatable bonds is 9. The Bertz CT molecular complexity index is 1360. The molecule has 0 aliphatic heterocycles. The summed E-state index contributed by atoms with van der Waals surface area (Å²) >= 11 is 0. The van der Waals surface area contributed by atoms with Crippen molar-refractivity contribution in [1.82, 2.24) is 19.9 Å². The fourth-order valence-corrected chi connectivity index (χ4v) is 5.39. The molecule has 1 atom stereocenters. The van der Waals surface area contributed by atoms with Gasteiger partial charge < -0.3 is 20.4 Å². The Balaban J connectivity index is 1.34. The van der Waals surface area contributed by atoms with Gasteiger partial charge in [0.05, 0.1) is 17.1 Å². The minimum absolute atomic E-state index is 0.0289. The molecule has 0 spiro atoms. The highest BCUT2D eigenvalue weighted by Gasteiger charge is 2.29. The number of aryl methyl sites for hydroxylation is 2. The molecule has 1 fully saturated rings. The maximum Gasteiger partial charge on any atom is 0.223 e. The monoisotopic (exact) mass is 511 g/mol. The fourth-order valence-electron chi connectivity index (χ4n) is 5.39. The molecule has 1 amide bonds. The zero-order valence-corrected chi connectivity index (χ0v) is 22.3. The molecule has 4 aromatic rings. The second kappa shape index (κ2) is 11.8. The van der Waals surface area contributed by atoms with Gasteiger partial charge in [-0.1, -0.05) is 18.2 Å². The van der Waals surface area contributed by atoms with Gasteiger partial charge in [0, 0.05) is 25.4 Å². The third kappa shape index (κ3) is 6.05. The van der Waals surface area contributed by atoms with Crippen LogP contribution in [0.3, 0.4) is 0 Å². The first-order chi connectivity index (χ1) is 18.5. The lowest BCUT2D eigenvalue weighted by Crippen LogP contribution is -2.38. The van der Waals surface area contributed by atoms with Gasteiger partial charge in [-0.2, -0.15) is 0 Å². The van der Waals surface area contributed by atoms with Gasteiger partial charge in [-0.05, 0) is 105 Å². The van der Waals surface area contributed by atoms with E-state index in [1.807, 2.05) is 31.3 Å². The van der Waals surface area contributed by atoms with E-state index < -0.39 is 0 Å². The Morgan fingerprint density at radius 3 is 2.50 bits per heavy atom. The van der Waals surface area contributed by atoms with Crippen molar-refractivity contribution < 1.29 is 9.53 Å². The summed E-state index contributed by atoms with van der Waals surface area (Å²) in [6, 6.07) is 18.0. The number of ether oxygens (including phenoxy) is 1. The first-order valence-electron chi connectivity index (χ1n) is 13.5. The third-order valence-electron chi connectivity index (χ3n) is 7.77. The van der Waals surface area contributed by atoms with Crippen LogP contribution in [0.2, 0.25) is 0 Å². The lowest BCUT2D eigenvalue weighted by Gasteiger charge is -2.28. The molecule has 5 rings (SSSR count). The van der Waals surface area contributed by atoms with Crippen LogP contribution in [0.1, 0.15) is 54.2 Å². The van der Waals surface area contributed by atoms with E-state index in [9.17, 15) is 4.79 Å². The van der Waals surface area contributed by atoms with Crippen LogP contribution in [0.4, 0.5) is 0 Å². The van der Waals surface area contributed by atoms with Crippen LogP contribution in [-0.2, 0) is 24.9 Å². The topological polar surface area (TPSA) is 95.1 Å². The fraction of sp³-hybridized carbons (Fsp3) is 0.387. The zero-order chi connectivity index (χ0) is 26.5. The summed E-state index contributed by atoms with van der Waals surface area (Å²) in [6.45, 7) is 3.28. The number of benzene rings is 2. The number of nitrogens with two attached hydrogens (primary N) is 1. The molecule has 0 unspecified atom stereocenters. The van der Waals surface area contributed by atoms with Crippen LogP contribution in [0.25, 0.3) is 11.0 Å². The van der Waals surface area contributed by atoms with Crippen molar-refractivity contribution in [1.29, 1.82) is 0 Å². The molecule has 7 heteroatoms. The SMILES string of the molecule is Cc1ccc2nc([C@H](Cc3ccc(OCc4ccncc4)cc3)NC(=O)C3CCC(CN)CC3)n(C)c2c1. The van der Waals surface area contributed by atoms with Crippen LogP contribution in [0.15, 0.2) is 67.0 Å². The number of fused-ring (bicyclic) bond motifs is 1. The highest BCUT2D eigenvalue weighted by atomic mass is 16.5. The molecule has 2 aromatic carbocycles. The molecule has 2 heterocycles. The summed E-state index contributed by atoms with van der Waals surface area (Å²) in [5.74, 6) is 2.36. The van der Waals surface area contributed by atoms with Gasteiger partial charge >= 0.3 is 0 Å². The van der Waals surface area contributed by atoms with Gasteiger partial charge in [0.2, 0.25) is 5.91 Å². The minimum Gasteiger partial charge on any atom is -0.489 e. The summed E-state index contributed by atoms with van der Waals surface area (Å²) < 4.78 is 8.06. The molecule has 1 aliphatic rings. The van der Waals surface area contributed by atoms with Gasteiger partial charge in [-0.25, -0.2) is 4.98 Å². The van der Waals surface area contributed by atoms with E-state index >= 15 is 0 Å². The van der Waals surface area contributed by atoms with E-state index in [0.717, 1.165) is 59.4 Å². The first kappa shape index (κ1) is 25.9. The van der Waals surface area contributed by atoms with Crippen molar-refractivity contribution in [3.8, 4) is 5.75 Å². The van der Waals surface area contributed by atoms with Crippen LogP contribution in [0, 0.1) is 18.8 Å². The highest BCUT2D eigenvalue weighted by molar-refractivity contribution is 5.80. The summed E-state index contributed by atoms with van der Waals surface area (Å²) in [5.41, 5.74) is 11.3. The molecule has 1 aliphatic carbocycles. The van der Waals surface area contributed by atoms with E-state index in [1.165, 1.54) is 5.56 Å². The standard InChI is InChI=1S/C31H37N5O2/c1-21-3-12-27-29(17-21)36(2)30(34-27)28(35-31(37)25-8-4-23(19-32)5-9-25)18-22-6-10-26(11-7-22)38-20-24-13-15-33-16-14-24/h3,6-7,10-17,23,25,28H,4-5,8-9,18-20,32H2,1-2H3,(H,35,37)/t23?,25?,28-/m0/s1. The molecular formula is C31H37N5O2. The second-order valence-electron chi connectivity index (χ2n) is 10.5. The summed E-state index contributed by atoms with van der Waals surface area (Å²) in [6.07, 6.45) is 8.00. The average Bonchev–Trinajstić information content (AvgIpc) is 3.28. The first-order valence-corrected chi connectivity index (χ1v) is 13.5. The Morgan fingerprint density at radius 1 is 1.05 bits per heavy atom. The number of imidazole rings is 1. The maximum absolute atomic E-state index is 13.4. The molecule has 3 N–H and O–H groups in total. The molecular weight excluding hydrogens is 474 g/mol. The van der Waals surface area contributed by atoms with Crippen molar-refractivity contribution >= 4 is 16.9 Å². The smallest absolute Gasteiger partial charge is 0.223 e. The van der Waals surface area contributed by atoms with Crippen molar-refractivity contribution in [2.24, 2.45) is 24.6 Å². The van der Waals surface area contributed by atoms with E-state index in [2.05, 4.69) is 52.1 Å². The Labute approximate surface area is 224 Å². The highest BCUT2D eigenvalue weighted by Crippen LogP contribution is 2.30. The van der Waals surface area contributed by atoms with Crippen molar-refractivity contribution in [3.63, 3.8) is 0 Å². The number of hydrogen-bond donors (Lipinski definition) is 2. The normalized spacial score (nSPS) is 18.3. The lowest BCUT2D eigenvalue weighted by atomic mass is 9.81. The second-order valence-corrected chi connectivity index (χ2v) is 10.5. The number of carbonyl (C=O) groups excluding carboxylic acids is 1. The van der Waals surface area contributed by atoms with Gasteiger partial charge in [0.15, 0.2) is 0 Å². The number of amides is 1. The Morgan fingerprint density at radius 2 is 1.79 bits per heavy atom. The molecule has 0 saturated heterocycles. The molecule has 7 nitrogen and oxygen atoms in total. The number of aromatic nitrogens is 3. The molecule has 1 saturated carbocycles. The molecule has 38 heavy (non-hydrogen) atoms. The molecule has 0 radical (unpaired) electrons. The largest absolute Gasteiger partial charge is 0.489 e. The van der Waals surface area contributed by atoms with Crippen LogP contribution in [0.5, 0.6) is 5.75 Å². The summed E-state index contributed by atoms with van der Waals surface area (Å²) in [4.78, 5) is 22.4. The number of pyridine rings is 1. The van der Waals surface area contributed by atoms with Crippen molar-refractivity contribution in [2.75, 3.05) is 6.54 Å². The van der Waals surface area contributed by atoms with E-state index in [0.29, 0.717) is 25.5 Å². The van der Waals surface area contributed by atoms with E-state index in [4.69, 9.17) is 15.5 Å². The Hall–Kier alpha value is -3.71. The number of nitrogens with zero attached hydrogens (tertiary/aromatic N) is 3. The van der Waals surface area contributed by atoms with Gasteiger partial charge in [0.25, 0.3) is 0 Å².